The second-order valence-electron chi connectivity index (χ2n) is 14.2. The average molecular weight is 688 g/mol. The predicted molar refractivity (Wildman–Crippen MR) is 224 cm³/mol. The van der Waals surface area contributed by atoms with E-state index in [1.54, 1.807) is 0 Å². The Kier molecular flexibility index (Phi) is 7.85. The normalized spacial score (nSPS) is 13.4. The van der Waals surface area contributed by atoms with Crippen molar-refractivity contribution < 1.29 is 0 Å². The van der Waals surface area contributed by atoms with E-state index in [1.807, 2.05) is 0 Å². The van der Waals surface area contributed by atoms with Gasteiger partial charge in [-0.15, -0.1) is 0 Å². The molecule has 1 aliphatic rings. The molecule has 0 N–H and O–H groups in total. The van der Waals surface area contributed by atoms with Crippen LogP contribution in [-0.4, -0.2) is 4.98 Å². The summed E-state index contributed by atoms with van der Waals surface area (Å²) in [7, 11) is 0. The zero-order valence-electron chi connectivity index (χ0n) is 29.8. The standard InChI is InChI=1S/C53H37N/c1-5-19-38(20-6-1)49-35-40(36-50(54-49)52-47-31-16-15-30-46(47)51-45-29-14-13-18-37(45)32-33-48(51)52)39-21-17-28-44(34-39)53(41-22-7-2-8-23-41,42-24-9-3-10-25-42)43-26-11-4-12-27-43/h1-36,52H. The first-order valence-corrected chi connectivity index (χ1v) is 18.7. The zero-order valence-corrected chi connectivity index (χ0v) is 29.8. The molecule has 8 aromatic carbocycles. The van der Waals surface area contributed by atoms with Gasteiger partial charge in [-0.2, -0.15) is 0 Å². The first-order valence-electron chi connectivity index (χ1n) is 18.7. The largest absolute Gasteiger partial charge is 0.252 e. The molecular weight excluding hydrogens is 651 g/mol. The highest BCUT2D eigenvalue weighted by molar-refractivity contribution is 6.02. The molecule has 0 bridgehead atoms. The predicted octanol–water partition coefficient (Wildman–Crippen LogP) is 13.1. The molecule has 0 radical (unpaired) electrons. The van der Waals surface area contributed by atoms with Crippen LogP contribution in [-0.2, 0) is 5.41 Å². The monoisotopic (exact) mass is 687 g/mol. The van der Waals surface area contributed by atoms with E-state index in [0.29, 0.717) is 0 Å². The number of fused-ring (bicyclic) bond motifs is 5. The van der Waals surface area contributed by atoms with Crippen molar-refractivity contribution >= 4 is 10.8 Å². The first-order chi connectivity index (χ1) is 26.8. The van der Waals surface area contributed by atoms with Gasteiger partial charge in [0.15, 0.2) is 0 Å². The summed E-state index contributed by atoms with van der Waals surface area (Å²) in [5, 5.41) is 2.55. The summed E-state index contributed by atoms with van der Waals surface area (Å²) < 4.78 is 0. The van der Waals surface area contributed by atoms with Gasteiger partial charge in [0.1, 0.15) is 0 Å². The molecule has 0 saturated carbocycles. The van der Waals surface area contributed by atoms with Crippen LogP contribution in [0.25, 0.3) is 44.3 Å². The maximum absolute atomic E-state index is 5.50. The van der Waals surface area contributed by atoms with Gasteiger partial charge < -0.3 is 0 Å². The number of rotatable bonds is 7. The first kappa shape index (κ1) is 31.9. The third kappa shape index (κ3) is 5.20. The van der Waals surface area contributed by atoms with Gasteiger partial charge in [0.25, 0.3) is 0 Å². The lowest BCUT2D eigenvalue weighted by Crippen LogP contribution is -2.31. The Morgan fingerprint density at radius 1 is 0.370 bits per heavy atom. The number of hydrogen-bond acceptors (Lipinski definition) is 1. The van der Waals surface area contributed by atoms with E-state index < -0.39 is 5.41 Å². The fourth-order valence-electron chi connectivity index (χ4n) is 8.91. The second kappa shape index (κ2) is 13.3. The van der Waals surface area contributed by atoms with Crippen molar-refractivity contribution in [3.8, 4) is 33.5 Å². The highest BCUT2D eigenvalue weighted by Crippen LogP contribution is 2.51. The maximum atomic E-state index is 5.50. The summed E-state index contributed by atoms with van der Waals surface area (Å²) >= 11 is 0. The van der Waals surface area contributed by atoms with Gasteiger partial charge in [0.05, 0.1) is 22.7 Å². The summed E-state index contributed by atoms with van der Waals surface area (Å²) in [6.07, 6.45) is 0. The Morgan fingerprint density at radius 2 is 0.926 bits per heavy atom. The van der Waals surface area contributed by atoms with E-state index in [1.165, 1.54) is 55.3 Å². The molecular formula is C53H37N. The lowest BCUT2D eigenvalue weighted by atomic mass is 9.65. The minimum absolute atomic E-state index is 0.00319. The van der Waals surface area contributed by atoms with Crippen LogP contribution >= 0.6 is 0 Å². The van der Waals surface area contributed by atoms with Gasteiger partial charge in [-0.1, -0.05) is 200 Å². The molecule has 1 heteroatoms. The molecule has 0 saturated heterocycles. The van der Waals surface area contributed by atoms with Crippen molar-refractivity contribution in [3.05, 3.63) is 257 Å². The molecule has 10 rings (SSSR count). The molecule has 0 aliphatic heterocycles. The Hall–Kier alpha value is -6.83. The number of benzene rings is 8. The number of pyridine rings is 1. The van der Waals surface area contributed by atoms with E-state index in [2.05, 4.69) is 218 Å². The van der Waals surface area contributed by atoms with Gasteiger partial charge in [-0.25, -0.2) is 0 Å². The second-order valence-corrected chi connectivity index (χ2v) is 14.2. The average Bonchev–Trinajstić information content (AvgIpc) is 3.60. The molecule has 1 aliphatic carbocycles. The van der Waals surface area contributed by atoms with Crippen molar-refractivity contribution in [1.29, 1.82) is 0 Å². The fourth-order valence-corrected chi connectivity index (χ4v) is 8.91. The highest BCUT2D eigenvalue weighted by Gasteiger charge is 2.38. The molecule has 1 aromatic heterocycles. The summed E-state index contributed by atoms with van der Waals surface area (Å²) in [6, 6.07) is 79.5. The third-order valence-electron chi connectivity index (χ3n) is 11.3. The topological polar surface area (TPSA) is 12.9 Å². The molecule has 1 heterocycles. The summed E-state index contributed by atoms with van der Waals surface area (Å²) in [5.41, 5.74) is 15.0. The van der Waals surface area contributed by atoms with Crippen LogP contribution in [0.1, 0.15) is 45.0 Å². The zero-order chi connectivity index (χ0) is 35.9. The molecule has 0 fully saturated rings. The Bertz CT molecular complexity index is 2660. The van der Waals surface area contributed by atoms with Crippen LogP contribution in [0.5, 0.6) is 0 Å². The van der Waals surface area contributed by atoms with Gasteiger partial charge >= 0.3 is 0 Å². The van der Waals surface area contributed by atoms with Gasteiger partial charge in [-0.3, -0.25) is 4.98 Å². The fraction of sp³-hybridized carbons (Fsp3) is 0.0377. The van der Waals surface area contributed by atoms with Gasteiger partial charge in [-0.05, 0) is 84.6 Å². The van der Waals surface area contributed by atoms with Crippen molar-refractivity contribution in [2.45, 2.75) is 11.3 Å². The van der Waals surface area contributed by atoms with Crippen LogP contribution < -0.4 is 0 Å². The summed E-state index contributed by atoms with van der Waals surface area (Å²) in [6.45, 7) is 0. The number of hydrogen-bond donors (Lipinski definition) is 0. The maximum Gasteiger partial charge on any atom is 0.0711 e. The minimum atomic E-state index is -0.539. The van der Waals surface area contributed by atoms with Gasteiger partial charge in [0.2, 0.25) is 0 Å². The smallest absolute Gasteiger partial charge is 0.0711 e. The molecule has 0 amide bonds. The molecule has 1 atom stereocenters. The molecule has 9 aromatic rings. The van der Waals surface area contributed by atoms with Crippen LogP contribution in [0.2, 0.25) is 0 Å². The lowest BCUT2D eigenvalue weighted by Gasteiger charge is -2.37. The molecule has 1 unspecified atom stereocenters. The van der Waals surface area contributed by atoms with E-state index in [9.17, 15) is 0 Å². The van der Waals surface area contributed by atoms with E-state index in [-0.39, 0.29) is 5.92 Å². The van der Waals surface area contributed by atoms with Crippen LogP contribution in [0.15, 0.2) is 218 Å². The van der Waals surface area contributed by atoms with Crippen molar-refractivity contribution in [2.75, 3.05) is 0 Å². The quantitative estimate of drug-likeness (QED) is 0.152. The Labute approximate surface area is 316 Å². The molecule has 254 valence electrons. The summed E-state index contributed by atoms with van der Waals surface area (Å²) in [4.78, 5) is 5.50. The molecule has 54 heavy (non-hydrogen) atoms. The van der Waals surface area contributed by atoms with Crippen molar-refractivity contribution in [3.63, 3.8) is 0 Å². The molecule has 1 nitrogen and oxygen atoms in total. The highest BCUT2D eigenvalue weighted by atomic mass is 14.7. The van der Waals surface area contributed by atoms with E-state index in [4.69, 9.17) is 4.98 Å². The number of nitrogens with zero attached hydrogens (tertiary/aromatic N) is 1. The van der Waals surface area contributed by atoms with Gasteiger partial charge in [0, 0.05) is 5.56 Å². The van der Waals surface area contributed by atoms with Crippen LogP contribution in [0.3, 0.4) is 0 Å². The summed E-state index contributed by atoms with van der Waals surface area (Å²) in [5.74, 6) is 0.00319. The van der Waals surface area contributed by atoms with E-state index in [0.717, 1.165) is 28.1 Å². The molecule has 0 spiro atoms. The van der Waals surface area contributed by atoms with Crippen LogP contribution in [0.4, 0.5) is 0 Å². The van der Waals surface area contributed by atoms with Crippen LogP contribution in [0, 0.1) is 0 Å². The lowest BCUT2D eigenvalue weighted by molar-refractivity contribution is 0.745. The van der Waals surface area contributed by atoms with Crippen molar-refractivity contribution in [1.82, 2.24) is 4.98 Å². The number of aromatic nitrogens is 1. The Morgan fingerprint density at radius 3 is 1.61 bits per heavy atom. The van der Waals surface area contributed by atoms with E-state index >= 15 is 0 Å². The minimum Gasteiger partial charge on any atom is -0.252 e. The third-order valence-corrected chi connectivity index (χ3v) is 11.3. The Balaban J connectivity index is 1.22. The SMILES string of the molecule is c1ccc(-c2cc(-c3cccc(C(c4ccccc4)(c4ccccc4)c4ccccc4)c3)cc(C3c4ccccc4-c4c3ccc3ccccc43)n2)cc1. The van der Waals surface area contributed by atoms with Crippen molar-refractivity contribution in [2.24, 2.45) is 0 Å².